The maximum atomic E-state index is 13.6. The molecule has 1 spiro atoms. The van der Waals surface area contributed by atoms with Crippen molar-refractivity contribution in [3.05, 3.63) is 71.4 Å². The van der Waals surface area contributed by atoms with Gasteiger partial charge in [0, 0.05) is 36.6 Å². The van der Waals surface area contributed by atoms with Gasteiger partial charge in [0.2, 0.25) is 0 Å². The van der Waals surface area contributed by atoms with Gasteiger partial charge < -0.3 is 19.1 Å². The van der Waals surface area contributed by atoms with Crippen molar-refractivity contribution in [1.29, 1.82) is 0 Å². The predicted molar refractivity (Wildman–Crippen MR) is 125 cm³/mol. The van der Waals surface area contributed by atoms with Gasteiger partial charge in [-0.2, -0.15) is 13.2 Å². The van der Waals surface area contributed by atoms with Crippen molar-refractivity contribution in [3.63, 3.8) is 0 Å². The van der Waals surface area contributed by atoms with E-state index in [4.69, 9.17) is 9.47 Å². The van der Waals surface area contributed by atoms with Crippen molar-refractivity contribution < 1.29 is 32.1 Å². The number of aromatic nitrogens is 2. The van der Waals surface area contributed by atoms with Crippen LogP contribution in [0.2, 0.25) is 0 Å². The molecule has 1 aliphatic carbocycles. The SMILES string of the molecule is COc1ccc(-c2c(C(F)(F)F)ncn2C)cc1[C@H]1CO[C@]2(CC[C@H](CO)[C@H]2c2ccc(F)cc2)C1. The van der Waals surface area contributed by atoms with Crippen LogP contribution in [0.4, 0.5) is 17.6 Å². The summed E-state index contributed by atoms with van der Waals surface area (Å²) in [7, 11) is 3.07. The lowest BCUT2D eigenvalue weighted by Crippen LogP contribution is -2.34. The van der Waals surface area contributed by atoms with E-state index in [1.807, 2.05) is 0 Å². The molecule has 0 radical (unpaired) electrons. The van der Waals surface area contributed by atoms with Crippen LogP contribution in [0.1, 0.15) is 47.9 Å². The van der Waals surface area contributed by atoms with Crippen molar-refractivity contribution in [2.75, 3.05) is 20.3 Å². The van der Waals surface area contributed by atoms with Crippen LogP contribution in [0.25, 0.3) is 11.3 Å². The number of aliphatic hydroxyl groups excluding tert-OH is 1. The molecule has 2 aromatic carbocycles. The first kappa shape index (κ1) is 24.8. The Bertz CT molecular complexity index is 1240. The molecule has 5 nitrogen and oxygen atoms in total. The zero-order valence-corrected chi connectivity index (χ0v) is 20.1. The number of halogens is 4. The van der Waals surface area contributed by atoms with Crippen LogP contribution >= 0.6 is 0 Å². The molecule has 1 aromatic heterocycles. The number of alkyl halides is 3. The fourth-order valence-corrected chi connectivity index (χ4v) is 6.20. The van der Waals surface area contributed by atoms with Gasteiger partial charge in [-0.15, -0.1) is 0 Å². The highest BCUT2D eigenvalue weighted by molar-refractivity contribution is 5.66. The van der Waals surface area contributed by atoms with Gasteiger partial charge in [-0.05, 0) is 61.1 Å². The Balaban J connectivity index is 1.52. The molecular weight excluding hydrogens is 476 g/mol. The number of rotatable bonds is 5. The molecule has 2 heterocycles. The number of imidazole rings is 1. The highest BCUT2D eigenvalue weighted by Crippen LogP contribution is 2.57. The lowest BCUT2D eigenvalue weighted by atomic mass is 9.76. The molecular formula is C27H28F4N2O3. The summed E-state index contributed by atoms with van der Waals surface area (Å²) in [5, 5.41) is 10.1. The average molecular weight is 505 g/mol. The van der Waals surface area contributed by atoms with Gasteiger partial charge in [0.15, 0.2) is 5.69 Å². The zero-order chi connectivity index (χ0) is 25.7. The Kier molecular flexibility index (Phi) is 6.32. The molecule has 192 valence electrons. The third-order valence-electron chi connectivity index (χ3n) is 7.75. The van der Waals surface area contributed by atoms with E-state index < -0.39 is 17.5 Å². The first-order valence-electron chi connectivity index (χ1n) is 11.9. The Hall–Kier alpha value is -2.91. The minimum absolute atomic E-state index is 0.00264. The smallest absolute Gasteiger partial charge is 0.435 e. The molecule has 0 unspecified atom stereocenters. The van der Waals surface area contributed by atoms with E-state index in [1.165, 1.54) is 30.9 Å². The summed E-state index contributed by atoms with van der Waals surface area (Å²) in [6.07, 6.45) is -1.30. The second-order valence-corrected chi connectivity index (χ2v) is 9.79. The summed E-state index contributed by atoms with van der Waals surface area (Å²) < 4.78 is 67.9. The van der Waals surface area contributed by atoms with E-state index in [0.29, 0.717) is 24.3 Å². The maximum absolute atomic E-state index is 13.6. The highest BCUT2D eigenvalue weighted by Gasteiger charge is 2.54. The van der Waals surface area contributed by atoms with E-state index in [0.717, 1.165) is 30.3 Å². The minimum Gasteiger partial charge on any atom is -0.496 e. The third-order valence-corrected chi connectivity index (χ3v) is 7.75. The maximum Gasteiger partial charge on any atom is 0.435 e. The zero-order valence-electron chi connectivity index (χ0n) is 20.1. The van der Waals surface area contributed by atoms with Crippen LogP contribution in [-0.2, 0) is 18.0 Å². The molecule has 36 heavy (non-hydrogen) atoms. The summed E-state index contributed by atoms with van der Waals surface area (Å²) in [4.78, 5) is 3.59. The number of nitrogens with zero attached hydrogens (tertiary/aromatic N) is 2. The summed E-state index contributed by atoms with van der Waals surface area (Å²) in [5.41, 5.74) is 0.587. The molecule has 2 aliphatic rings. The van der Waals surface area contributed by atoms with Gasteiger partial charge in [-0.1, -0.05) is 12.1 Å². The van der Waals surface area contributed by atoms with Gasteiger partial charge in [-0.3, -0.25) is 0 Å². The van der Waals surface area contributed by atoms with Crippen molar-refractivity contribution in [1.82, 2.24) is 9.55 Å². The van der Waals surface area contributed by atoms with Gasteiger partial charge in [0.25, 0.3) is 0 Å². The van der Waals surface area contributed by atoms with E-state index in [9.17, 15) is 22.7 Å². The fraction of sp³-hybridized carbons (Fsp3) is 0.444. The lowest BCUT2D eigenvalue weighted by molar-refractivity contribution is -0.140. The molecule has 9 heteroatoms. The summed E-state index contributed by atoms with van der Waals surface area (Å²) >= 11 is 0. The molecule has 1 aliphatic heterocycles. The molecule has 4 atom stereocenters. The largest absolute Gasteiger partial charge is 0.496 e. The van der Waals surface area contributed by atoms with Crippen LogP contribution in [-0.4, -0.2) is 40.6 Å². The molecule has 0 bridgehead atoms. The van der Waals surface area contributed by atoms with Crippen molar-refractivity contribution in [2.24, 2.45) is 13.0 Å². The number of ether oxygens (including phenoxy) is 2. The van der Waals surface area contributed by atoms with E-state index in [1.54, 1.807) is 30.3 Å². The Labute approximate surface area is 206 Å². The standard InChI is InChI=1S/C27H28F4N2O3/c1-33-15-32-25(27(29,30)31)24(33)17-5-8-22(35-2)21(11-17)19-12-26(36-14-19)10-9-18(13-34)23(26)16-3-6-20(28)7-4-16/h3-8,11,15,18-19,23,34H,9-10,12-14H2,1-2H3/t18-,19-,23-,26-/m1/s1. The molecule has 3 aromatic rings. The number of benzene rings is 2. The Morgan fingerprint density at radius 2 is 1.94 bits per heavy atom. The topological polar surface area (TPSA) is 56.5 Å². The number of aryl methyl sites for hydroxylation is 1. The van der Waals surface area contributed by atoms with Crippen LogP contribution in [0.5, 0.6) is 5.75 Å². The van der Waals surface area contributed by atoms with Gasteiger partial charge >= 0.3 is 6.18 Å². The first-order chi connectivity index (χ1) is 17.2. The quantitative estimate of drug-likeness (QED) is 0.454. The second kappa shape index (κ2) is 9.19. The van der Waals surface area contributed by atoms with Crippen LogP contribution in [0, 0.1) is 11.7 Å². The summed E-state index contributed by atoms with van der Waals surface area (Å²) in [6.45, 7) is 0.366. The molecule has 1 saturated carbocycles. The molecule has 1 N–H and O–H groups in total. The second-order valence-electron chi connectivity index (χ2n) is 9.79. The minimum atomic E-state index is -4.58. The van der Waals surface area contributed by atoms with Gasteiger partial charge in [0.05, 0.1) is 31.3 Å². The van der Waals surface area contributed by atoms with Crippen molar-refractivity contribution in [2.45, 2.75) is 42.9 Å². The number of methoxy groups -OCH3 is 1. The fourth-order valence-electron chi connectivity index (χ4n) is 6.20. The lowest BCUT2D eigenvalue weighted by Gasteiger charge is -2.33. The summed E-state index contributed by atoms with van der Waals surface area (Å²) in [5.74, 6) is -0.00747. The molecule has 2 fully saturated rings. The summed E-state index contributed by atoms with van der Waals surface area (Å²) in [6, 6.07) is 11.4. The van der Waals surface area contributed by atoms with Crippen LogP contribution < -0.4 is 4.74 Å². The Morgan fingerprint density at radius 1 is 1.19 bits per heavy atom. The van der Waals surface area contributed by atoms with Crippen LogP contribution in [0.3, 0.4) is 0 Å². The number of hydrogen-bond acceptors (Lipinski definition) is 4. The third kappa shape index (κ3) is 4.18. The monoisotopic (exact) mass is 504 g/mol. The molecule has 1 saturated heterocycles. The van der Waals surface area contributed by atoms with Crippen LogP contribution in [0.15, 0.2) is 48.8 Å². The molecule has 0 amide bonds. The molecule has 5 rings (SSSR count). The number of hydrogen-bond donors (Lipinski definition) is 1. The Morgan fingerprint density at radius 3 is 2.61 bits per heavy atom. The van der Waals surface area contributed by atoms with Crippen molar-refractivity contribution >= 4 is 0 Å². The van der Waals surface area contributed by atoms with Crippen molar-refractivity contribution in [3.8, 4) is 17.0 Å². The van der Waals surface area contributed by atoms with Gasteiger partial charge in [0.1, 0.15) is 11.6 Å². The normalized spacial score (nSPS) is 26.1. The van der Waals surface area contributed by atoms with E-state index in [-0.39, 0.29) is 35.9 Å². The number of aliphatic hydroxyl groups is 1. The predicted octanol–water partition coefficient (Wildman–Crippen LogP) is 5.68. The average Bonchev–Trinajstić information content (AvgIpc) is 3.56. The van der Waals surface area contributed by atoms with E-state index >= 15 is 0 Å². The highest BCUT2D eigenvalue weighted by atomic mass is 19.4. The van der Waals surface area contributed by atoms with Gasteiger partial charge in [-0.25, -0.2) is 9.37 Å². The van der Waals surface area contributed by atoms with E-state index in [2.05, 4.69) is 4.98 Å². The first-order valence-corrected chi connectivity index (χ1v) is 11.9.